The van der Waals surface area contributed by atoms with Crippen LogP contribution in [0.3, 0.4) is 0 Å². The molecule has 0 aromatic heterocycles. The monoisotopic (exact) mass is 249 g/mol. The van der Waals surface area contributed by atoms with Crippen molar-refractivity contribution in [3.05, 3.63) is 39.9 Å². The molecule has 1 aliphatic heterocycles. The van der Waals surface area contributed by atoms with Crippen LogP contribution in [0.4, 0.5) is 5.69 Å². The second kappa shape index (κ2) is 4.21. The van der Waals surface area contributed by atoms with Crippen molar-refractivity contribution >= 4 is 17.6 Å². The van der Waals surface area contributed by atoms with Gasteiger partial charge in [-0.05, 0) is 5.56 Å². The number of hydrogen-bond acceptors (Lipinski definition) is 5. The highest BCUT2D eigenvalue weighted by Gasteiger charge is 2.38. The van der Waals surface area contributed by atoms with Crippen LogP contribution in [0.1, 0.15) is 25.3 Å². The summed E-state index contributed by atoms with van der Waals surface area (Å²) in [7, 11) is 0. The zero-order valence-corrected chi connectivity index (χ0v) is 9.71. The topological polar surface area (TPSA) is 86.5 Å². The number of rotatable bonds is 2. The van der Waals surface area contributed by atoms with Crippen LogP contribution in [0.25, 0.3) is 0 Å². The number of nitro groups is 1. The van der Waals surface area contributed by atoms with Gasteiger partial charge in [0.05, 0.1) is 17.8 Å². The van der Waals surface area contributed by atoms with Crippen LogP contribution in [0.2, 0.25) is 0 Å². The second-order valence-corrected chi connectivity index (χ2v) is 4.56. The van der Waals surface area contributed by atoms with Crippen molar-refractivity contribution in [2.75, 3.05) is 0 Å². The molecule has 18 heavy (non-hydrogen) atoms. The Balaban J connectivity index is 2.32. The molecule has 0 aliphatic carbocycles. The van der Waals surface area contributed by atoms with Crippen molar-refractivity contribution in [1.29, 1.82) is 0 Å². The lowest BCUT2D eigenvalue weighted by atomic mass is 9.75. The summed E-state index contributed by atoms with van der Waals surface area (Å²) in [6.45, 7) is 1.77. The minimum Gasteiger partial charge on any atom is -0.393 e. The lowest BCUT2D eigenvalue weighted by molar-refractivity contribution is -0.384. The predicted molar refractivity (Wildman–Crippen MR) is 60.8 cm³/mol. The van der Waals surface area contributed by atoms with Crippen molar-refractivity contribution in [3.8, 4) is 0 Å². The Morgan fingerprint density at radius 3 is 2.11 bits per heavy atom. The zero-order chi connectivity index (χ0) is 13.3. The highest BCUT2D eigenvalue weighted by molar-refractivity contribution is 5.90. The third-order valence-corrected chi connectivity index (χ3v) is 3.07. The molecule has 0 amide bonds. The molecule has 1 aromatic carbocycles. The van der Waals surface area contributed by atoms with E-state index >= 15 is 0 Å². The molecule has 0 radical (unpaired) electrons. The lowest BCUT2D eigenvalue weighted by Gasteiger charge is -2.31. The maximum atomic E-state index is 11.3. The molecule has 0 spiro atoms. The van der Waals surface area contributed by atoms with Crippen LogP contribution in [0.15, 0.2) is 24.3 Å². The van der Waals surface area contributed by atoms with Gasteiger partial charge in [-0.25, -0.2) is 0 Å². The van der Waals surface area contributed by atoms with E-state index in [1.54, 1.807) is 19.1 Å². The van der Waals surface area contributed by atoms with Crippen molar-refractivity contribution < 1.29 is 19.2 Å². The first kappa shape index (κ1) is 12.2. The van der Waals surface area contributed by atoms with Crippen LogP contribution < -0.4 is 0 Å². The molecule has 1 heterocycles. The molecule has 0 bridgehead atoms. The van der Waals surface area contributed by atoms with Gasteiger partial charge in [0, 0.05) is 17.5 Å². The fourth-order valence-electron chi connectivity index (χ4n) is 2.09. The van der Waals surface area contributed by atoms with Crippen LogP contribution in [0.5, 0.6) is 0 Å². The molecule has 0 saturated carbocycles. The number of cyclic esters (lactones) is 2. The molecule has 0 N–H and O–H groups in total. The van der Waals surface area contributed by atoms with Gasteiger partial charge in [0.25, 0.3) is 5.69 Å². The largest absolute Gasteiger partial charge is 0.393 e. The van der Waals surface area contributed by atoms with Gasteiger partial charge in [-0.1, -0.05) is 19.1 Å². The number of nitro benzene ring substituents is 1. The van der Waals surface area contributed by atoms with Crippen LogP contribution >= 0.6 is 0 Å². The standard InChI is InChI=1S/C12H11NO5/c1-12(6-10(14)18-11(15)7-12)8-2-4-9(5-3-8)13(16)17/h2-5H,6-7H2,1H3. The fourth-order valence-corrected chi connectivity index (χ4v) is 2.09. The number of carbonyl (C=O) groups is 2. The summed E-state index contributed by atoms with van der Waals surface area (Å²) in [5, 5.41) is 10.5. The highest BCUT2D eigenvalue weighted by atomic mass is 16.6. The van der Waals surface area contributed by atoms with Gasteiger partial charge < -0.3 is 4.74 Å². The first-order chi connectivity index (χ1) is 8.40. The molecular formula is C12H11NO5. The average Bonchev–Trinajstić information content (AvgIpc) is 2.27. The van der Waals surface area contributed by atoms with Gasteiger partial charge in [0.15, 0.2) is 0 Å². The lowest BCUT2D eigenvalue weighted by Crippen LogP contribution is -2.36. The van der Waals surface area contributed by atoms with E-state index in [1.807, 2.05) is 0 Å². The second-order valence-electron chi connectivity index (χ2n) is 4.56. The third kappa shape index (κ3) is 2.22. The number of non-ortho nitro benzene ring substituents is 1. The third-order valence-electron chi connectivity index (χ3n) is 3.07. The zero-order valence-electron chi connectivity index (χ0n) is 9.71. The van der Waals surface area contributed by atoms with E-state index in [1.165, 1.54) is 12.1 Å². The quantitative estimate of drug-likeness (QED) is 0.344. The Morgan fingerprint density at radius 2 is 1.67 bits per heavy atom. The summed E-state index contributed by atoms with van der Waals surface area (Å²) >= 11 is 0. The summed E-state index contributed by atoms with van der Waals surface area (Å²) in [5.41, 5.74) is 0.0480. The van der Waals surface area contributed by atoms with E-state index in [0.717, 1.165) is 5.56 Å². The fraction of sp³-hybridized carbons (Fsp3) is 0.333. The number of benzene rings is 1. The maximum absolute atomic E-state index is 11.3. The summed E-state index contributed by atoms with van der Waals surface area (Å²) in [4.78, 5) is 32.6. The molecule has 1 saturated heterocycles. The molecule has 6 nitrogen and oxygen atoms in total. The predicted octanol–water partition coefficient (Wildman–Crippen LogP) is 1.72. The Kier molecular flexibility index (Phi) is 2.86. The average molecular weight is 249 g/mol. The summed E-state index contributed by atoms with van der Waals surface area (Å²) < 4.78 is 4.48. The number of nitrogens with zero attached hydrogens (tertiary/aromatic N) is 1. The van der Waals surface area contributed by atoms with E-state index in [9.17, 15) is 19.7 Å². The Bertz CT molecular complexity index is 504. The minimum absolute atomic E-state index is 0.0212. The van der Waals surface area contributed by atoms with Crippen LogP contribution in [-0.4, -0.2) is 16.9 Å². The number of esters is 2. The normalized spacial score (nSPS) is 18.3. The molecule has 1 fully saturated rings. The SMILES string of the molecule is CC1(c2ccc([N+](=O)[O-])cc2)CC(=O)OC(=O)C1. The number of carbonyl (C=O) groups excluding carboxylic acids is 2. The highest BCUT2D eigenvalue weighted by Crippen LogP contribution is 2.35. The van der Waals surface area contributed by atoms with Gasteiger partial charge >= 0.3 is 11.9 Å². The van der Waals surface area contributed by atoms with E-state index < -0.39 is 22.3 Å². The van der Waals surface area contributed by atoms with Gasteiger partial charge in [-0.2, -0.15) is 0 Å². The first-order valence-corrected chi connectivity index (χ1v) is 5.39. The Labute approximate surface area is 103 Å². The molecule has 1 aliphatic rings. The van der Waals surface area contributed by atoms with Crippen molar-refractivity contribution in [2.45, 2.75) is 25.2 Å². The minimum atomic E-state index is -0.651. The van der Waals surface area contributed by atoms with E-state index in [2.05, 4.69) is 4.74 Å². The van der Waals surface area contributed by atoms with E-state index in [-0.39, 0.29) is 18.5 Å². The summed E-state index contributed by atoms with van der Waals surface area (Å²) in [6, 6.07) is 5.88. The van der Waals surface area contributed by atoms with Gasteiger partial charge in [-0.15, -0.1) is 0 Å². The molecule has 2 rings (SSSR count). The molecule has 0 atom stereocenters. The summed E-state index contributed by atoms with van der Waals surface area (Å²) in [5.74, 6) is -1.13. The molecule has 1 aromatic rings. The molecular weight excluding hydrogens is 238 g/mol. The maximum Gasteiger partial charge on any atom is 0.314 e. The smallest absolute Gasteiger partial charge is 0.314 e. The van der Waals surface area contributed by atoms with Crippen LogP contribution in [0, 0.1) is 10.1 Å². The molecule has 94 valence electrons. The van der Waals surface area contributed by atoms with Crippen molar-refractivity contribution in [1.82, 2.24) is 0 Å². The Morgan fingerprint density at radius 1 is 1.17 bits per heavy atom. The Hall–Kier alpha value is -2.24. The molecule has 6 heteroatoms. The van der Waals surface area contributed by atoms with Crippen molar-refractivity contribution in [3.63, 3.8) is 0 Å². The van der Waals surface area contributed by atoms with Gasteiger partial charge in [-0.3, -0.25) is 19.7 Å². The molecule has 0 unspecified atom stereocenters. The van der Waals surface area contributed by atoms with Gasteiger partial charge in [0.1, 0.15) is 0 Å². The van der Waals surface area contributed by atoms with Gasteiger partial charge in [0.2, 0.25) is 0 Å². The number of hydrogen-bond donors (Lipinski definition) is 0. The number of ether oxygens (including phenoxy) is 1. The first-order valence-electron chi connectivity index (χ1n) is 5.39. The van der Waals surface area contributed by atoms with E-state index in [0.29, 0.717) is 0 Å². The summed E-state index contributed by atoms with van der Waals surface area (Å²) in [6.07, 6.45) is 0.188. The van der Waals surface area contributed by atoms with Crippen LogP contribution in [-0.2, 0) is 19.7 Å². The van der Waals surface area contributed by atoms with E-state index in [4.69, 9.17) is 0 Å². The van der Waals surface area contributed by atoms with Crippen molar-refractivity contribution in [2.24, 2.45) is 0 Å².